The molecule has 20 nitrogen and oxygen atoms in total. The molecule has 1 aliphatic rings. The molecule has 20 heteroatoms. The standard InChI is InChI=1S/C48H32N4O16/c53-41-25-9-29-17-35(51(63)64)19-31(43(29)55)11-27-15-34(50(62)46(58)38-22-24-6-2-4-8-40(24)68-48(38)60)16-28(42(27)54)12-32-20-36(52(65)66)18-30(44(32)56)10-26(41)14-33(13-25)49(61)45(57)37-21-23-5-1-3-7-39(23)67-47(37)59/h1-8,13-22,53-56,61-62H,9-12H2. The van der Waals surface area contributed by atoms with Crippen LogP contribution in [0.5, 0.6) is 23.0 Å². The zero-order valence-corrected chi connectivity index (χ0v) is 34.8. The van der Waals surface area contributed by atoms with E-state index < -0.39 is 115 Å². The maximum atomic E-state index is 13.8. The van der Waals surface area contributed by atoms with Crippen molar-refractivity contribution in [3.8, 4) is 23.0 Å². The number of hydrogen-bond donors (Lipinski definition) is 6. The number of hydrogen-bond acceptors (Lipinski definition) is 16. The Morgan fingerprint density at radius 1 is 0.471 bits per heavy atom. The average molecular weight is 921 g/mol. The number of benzene rings is 6. The number of amides is 2. The Morgan fingerprint density at radius 3 is 1.04 bits per heavy atom. The molecule has 2 aromatic heterocycles. The second-order valence-electron chi connectivity index (χ2n) is 15.9. The molecule has 0 atom stereocenters. The monoisotopic (exact) mass is 920 g/mol. The topological polar surface area (TPSA) is 309 Å². The van der Waals surface area contributed by atoms with Gasteiger partial charge in [0, 0.05) is 105 Å². The van der Waals surface area contributed by atoms with E-state index in [2.05, 4.69) is 0 Å². The van der Waals surface area contributed by atoms with Gasteiger partial charge in [0.1, 0.15) is 45.3 Å². The number of nitrogens with zero attached hydrogens (tertiary/aromatic N) is 4. The third-order valence-electron chi connectivity index (χ3n) is 11.6. The summed E-state index contributed by atoms with van der Waals surface area (Å²) in [5.41, 5.74) is -6.58. The number of carbonyl (C=O) groups excluding carboxylic acids is 2. The van der Waals surface area contributed by atoms with E-state index in [1.807, 2.05) is 0 Å². The van der Waals surface area contributed by atoms with Gasteiger partial charge in [-0.2, -0.15) is 10.1 Å². The van der Waals surface area contributed by atoms with Crippen LogP contribution in [-0.2, 0) is 25.7 Å². The number of anilines is 2. The molecule has 0 saturated heterocycles. The number of phenolic OH excluding ortho intramolecular Hbond substituents is 4. The van der Waals surface area contributed by atoms with Crippen molar-refractivity contribution >= 4 is 56.5 Å². The van der Waals surface area contributed by atoms with Gasteiger partial charge in [0.05, 0.1) is 21.2 Å². The molecule has 0 radical (unpaired) electrons. The highest BCUT2D eigenvalue weighted by atomic mass is 16.6. The van der Waals surface area contributed by atoms with Crippen molar-refractivity contribution in [2.75, 3.05) is 10.1 Å². The summed E-state index contributed by atoms with van der Waals surface area (Å²) in [5.74, 6) is -4.88. The number of hydroxylamine groups is 2. The third kappa shape index (κ3) is 7.92. The summed E-state index contributed by atoms with van der Waals surface area (Å²) in [6.45, 7) is 0. The van der Waals surface area contributed by atoms with Crippen LogP contribution in [0.15, 0.2) is 128 Å². The van der Waals surface area contributed by atoms with Gasteiger partial charge >= 0.3 is 11.3 Å². The summed E-state index contributed by atoms with van der Waals surface area (Å²) < 4.78 is 10.6. The molecule has 340 valence electrons. The molecule has 0 saturated carbocycles. The fourth-order valence-electron chi connectivity index (χ4n) is 8.21. The number of fused-ring (bicyclic) bond motifs is 10. The molecule has 0 spiro atoms. The number of carbonyl (C=O) groups is 2. The molecule has 1 aliphatic carbocycles. The molecular weight excluding hydrogens is 889 g/mol. The zero-order valence-electron chi connectivity index (χ0n) is 34.8. The number of rotatable bonds is 6. The Hall–Kier alpha value is -9.40. The molecule has 9 rings (SSSR count). The first-order chi connectivity index (χ1) is 32.4. The lowest BCUT2D eigenvalue weighted by Gasteiger charge is -2.21. The smallest absolute Gasteiger partial charge is 0.349 e. The number of nitro benzene ring substituents is 2. The number of aromatic hydroxyl groups is 4. The highest BCUT2D eigenvalue weighted by Gasteiger charge is 2.29. The molecule has 6 N–H and O–H groups in total. The average Bonchev–Trinajstić information content (AvgIpc) is 3.31. The van der Waals surface area contributed by atoms with Crippen molar-refractivity contribution in [1.82, 2.24) is 0 Å². The Bertz CT molecular complexity index is 3290. The van der Waals surface area contributed by atoms with Crippen molar-refractivity contribution in [3.05, 3.63) is 206 Å². The van der Waals surface area contributed by atoms with Crippen LogP contribution in [0.1, 0.15) is 65.2 Å². The van der Waals surface area contributed by atoms with E-state index in [0.29, 0.717) is 10.8 Å². The fourth-order valence-corrected chi connectivity index (χ4v) is 8.21. The van der Waals surface area contributed by atoms with Crippen molar-refractivity contribution in [1.29, 1.82) is 0 Å². The fraction of sp³-hybridized carbons (Fsp3) is 0.0833. The molecule has 8 aromatic rings. The summed E-state index contributed by atoms with van der Waals surface area (Å²) in [4.78, 5) is 76.7. The number of para-hydroxylation sites is 2. The van der Waals surface area contributed by atoms with Crippen LogP contribution in [0.3, 0.4) is 0 Å². The summed E-state index contributed by atoms with van der Waals surface area (Å²) in [5, 5.41) is 95.6. The van der Waals surface area contributed by atoms with Gasteiger partial charge < -0.3 is 29.3 Å². The summed E-state index contributed by atoms with van der Waals surface area (Å²) in [7, 11) is 0. The minimum atomic E-state index is -1.28. The van der Waals surface area contributed by atoms with Crippen LogP contribution in [0.2, 0.25) is 0 Å². The van der Waals surface area contributed by atoms with Crippen LogP contribution in [-0.4, -0.2) is 52.5 Å². The molecule has 0 fully saturated rings. The molecule has 68 heavy (non-hydrogen) atoms. The minimum absolute atomic E-state index is 0.0813. The van der Waals surface area contributed by atoms with Crippen LogP contribution in [0.25, 0.3) is 21.9 Å². The molecule has 8 bridgehead atoms. The van der Waals surface area contributed by atoms with E-state index in [1.165, 1.54) is 24.3 Å². The first kappa shape index (κ1) is 43.8. The summed E-state index contributed by atoms with van der Waals surface area (Å²) >= 11 is 0. The normalized spacial score (nSPS) is 12.1. The van der Waals surface area contributed by atoms with Gasteiger partial charge in [0.25, 0.3) is 23.2 Å². The van der Waals surface area contributed by atoms with Gasteiger partial charge in [-0.15, -0.1) is 0 Å². The van der Waals surface area contributed by atoms with E-state index in [9.17, 15) is 70.2 Å². The summed E-state index contributed by atoms with van der Waals surface area (Å²) in [6.07, 6.45) is -2.26. The Labute approximate surface area is 379 Å². The van der Waals surface area contributed by atoms with Crippen molar-refractivity contribution in [2.45, 2.75) is 25.7 Å². The van der Waals surface area contributed by atoms with E-state index in [1.54, 1.807) is 36.4 Å². The Kier molecular flexibility index (Phi) is 10.9. The third-order valence-corrected chi connectivity index (χ3v) is 11.6. The molecular formula is C48H32N4O16. The van der Waals surface area contributed by atoms with Crippen molar-refractivity contribution < 1.29 is 59.1 Å². The van der Waals surface area contributed by atoms with Gasteiger partial charge in [0.2, 0.25) is 0 Å². The Balaban J connectivity index is 1.22. The lowest BCUT2D eigenvalue weighted by atomic mass is 9.90. The lowest BCUT2D eigenvalue weighted by molar-refractivity contribution is -0.385. The van der Waals surface area contributed by atoms with Gasteiger partial charge in [-0.05, 0) is 48.5 Å². The zero-order chi connectivity index (χ0) is 48.3. The molecule has 6 aromatic carbocycles. The number of nitro groups is 2. The molecule has 0 aliphatic heterocycles. The van der Waals surface area contributed by atoms with Crippen LogP contribution in [0.4, 0.5) is 22.7 Å². The van der Waals surface area contributed by atoms with Crippen molar-refractivity contribution in [3.63, 3.8) is 0 Å². The van der Waals surface area contributed by atoms with Crippen molar-refractivity contribution in [2.24, 2.45) is 0 Å². The second kappa shape index (κ2) is 16.9. The number of non-ortho nitro benzene ring substituents is 2. The summed E-state index contributed by atoms with van der Waals surface area (Å²) in [6, 6.07) is 23.2. The van der Waals surface area contributed by atoms with Crippen LogP contribution in [0, 0.1) is 20.2 Å². The quantitative estimate of drug-likeness (QED) is 0.0413. The maximum absolute atomic E-state index is 13.8. The number of phenols is 4. The maximum Gasteiger partial charge on any atom is 0.349 e. The van der Waals surface area contributed by atoms with Crippen LogP contribution < -0.4 is 21.4 Å². The van der Waals surface area contributed by atoms with E-state index in [0.717, 1.165) is 48.5 Å². The van der Waals surface area contributed by atoms with Gasteiger partial charge in [-0.3, -0.25) is 40.2 Å². The molecule has 0 unspecified atom stereocenters. The Morgan fingerprint density at radius 2 is 0.750 bits per heavy atom. The minimum Gasteiger partial charge on any atom is -0.507 e. The highest BCUT2D eigenvalue weighted by molar-refractivity contribution is 6.06. The first-order valence-corrected chi connectivity index (χ1v) is 20.3. The first-order valence-electron chi connectivity index (χ1n) is 20.3. The van der Waals surface area contributed by atoms with Crippen LogP contribution >= 0.6 is 0 Å². The molecule has 2 amide bonds. The predicted molar refractivity (Wildman–Crippen MR) is 239 cm³/mol. The highest BCUT2D eigenvalue weighted by Crippen LogP contribution is 2.42. The lowest BCUT2D eigenvalue weighted by Crippen LogP contribution is -2.31. The largest absolute Gasteiger partial charge is 0.507 e. The van der Waals surface area contributed by atoms with E-state index >= 15 is 0 Å². The predicted octanol–water partition coefficient (Wildman–Crippen LogP) is 7.29. The van der Waals surface area contributed by atoms with Gasteiger partial charge in [-0.1, -0.05) is 36.4 Å². The SMILES string of the molecule is O=C(c1cc2ccccc2oc1=O)N(O)c1cc2c(O)c(c1)Cc1cc([N+](=O)[O-])cc(c1O)Cc1cc(N(O)C(=O)c3cc4ccccc4oc3=O)cc(c1O)Cc1cc([N+](=O)[O-])cc(c1O)C2. The van der Waals surface area contributed by atoms with E-state index in [4.69, 9.17) is 8.83 Å². The molecule has 2 heterocycles. The van der Waals surface area contributed by atoms with Gasteiger partial charge in [-0.25, -0.2) is 9.59 Å². The van der Waals surface area contributed by atoms with Gasteiger partial charge in [0.15, 0.2) is 0 Å². The van der Waals surface area contributed by atoms with E-state index in [-0.39, 0.29) is 65.8 Å². The second-order valence-corrected chi connectivity index (χ2v) is 15.9.